The van der Waals surface area contributed by atoms with E-state index in [9.17, 15) is 0 Å². The molecular formula is C22H31OSi. The Bertz CT molecular complexity index is 646. The lowest BCUT2D eigenvalue weighted by Crippen LogP contribution is -2.45. The minimum absolute atomic E-state index is 0.162. The van der Waals surface area contributed by atoms with Crippen molar-refractivity contribution in [2.24, 2.45) is 0 Å². The van der Waals surface area contributed by atoms with E-state index < -0.39 is 9.04 Å². The molecule has 24 heavy (non-hydrogen) atoms. The Morgan fingerprint density at radius 2 is 1.50 bits per heavy atom. The SMILES string of the molecule is CCC(C)(C)c1cccc([Si](Oc2ccccc2)C(C)(C)CC)c1. The van der Waals surface area contributed by atoms with E-state index in [2.05, 4.69) is 77.9 Å². The van der Waals surface area contributed by atoms with Gasteiger partial charge in [-0.1, -0.05) is 90.4 Å². The van der Waals surface area contributed by atoms with Crippen molar-refractivity contribution in [1.82, 2.24) is 0 Å². The summed E-state index contributed by atoms with van der Waals surface area (Å²) >= 11 is 0. The molecule has 0 fully saturated rings. The van der Waals surface area contributed by atoms with Crippen LogP contribution in [0.1, 0.15) is 59.9 Å². The molecule has 1 nitrogen and oxygen atoms in total. The fraction of sp³-hybridized carbons (Fsp3) is 0.455. The Hall–Kier alpha value is -1.54. The predicted octanol–water partition coefficient (Wildman–Crippen LogP) is 5.84. The van der Waals surface area contributed by atoms with Gasteiger partial charge in [-0.25, -0.2) is 0 Å². The Kier molecular flexibility index (Phi) is 5.92. The first-order valence-electron chi connectivity index (χ1n) is 9.01. The summed E-state index contributed by atoms with van der Waals surface area (Å²) in [6, 6.07) is 19.4. The molecule has 0 heterocycles. The average molecular weight is 340 g/mol. The molecule has 0 aliphatic carbocycles. The van der Waals surface area contributed by atoms with Gasteiger partial charge in [0.15, 0.2) is 0 Å². The maximum Gasteiger partial charge on any atom is 0.322 e. The molecule has 0 saturated heterocycles. The number of rotatable bonds is 7. The van der Waals surface area contributed by atoms with Crippen molar-refractivity contribution in [1.29, 1.82) is 0 Å². The molecule has 0 N–H and O–H groups in total. The van der Waals surface area contributed by atoms with Crippen molar-refractivity contribution in [2.75, 3.05) is 0 Å². The molecule has 0 atom stereocenters. The zero-order chi connectivity index (χ0) is 17.8. The second-order valence-electron chi connectivity index (χ2n) is 7.80. The topological polar surface area (TPSA) is 9.23 Å². The number of hydrogen-bond donors (Lipinski definition) is 0. The molecule has 2 aromatic rings. The highest BCUT2D eigenvalue weighted by Gasteiger charge is 2.36. The molecule has 2 heteroatoms. The molecule has 0 amide bonds. The van der Waals surface area contributed by atoms with E-state index in [1.807, 2.05) is 18.2 Å². The minimum Gasteiger partial charge on any atom is -0.537 e. The molecule has 2 aromatic carbocycles. The van der Waals surface area contributed by atoms with Crippen molar-refractivity contribution in [3.05, 3.63) is 60.2 Å². The third-order valence-electron chi connectivity index (χ3n) is 5.25. The van der Waals surface area contributed by atoms with E-state index in [1.165, 1.54) is 10.8 Å². The molecule has 0 saturated carbocycles. The largest absolute Gasteiger partial charge is 0.537 e. The first kappa shape index (κ1) is 18.8. The highest BCUT2D eigenvalue weighted by Crippen LogP contribution is 2.34. The lowest BCUT2D eigenvalue weighted by molar-refractivity contribution is 0.498. The van der Waals surface area contributed by atoms with Gasteiger partial charge in [0.2, 0.25) is 0 Å². The molecular weight excluding hydrogens is 308 g/mol. The van der Waals surface area contributed by atoms with Crippen LogP contribution in [0.4, 0.5) is 0 Å². The van der Waals surface area contributed by atoms with Gasteiger partial charge in [0, 0.05) is 0 Å². The second-order valence-corrected chi connectivity index (χ2v) is 10.6. The monoisotopic (exact) mass is 339 g/mol. The van der Waals surface area contributed by atoms with Gasteiger partial charge in [-0.2, -0.15) is 0 Å². The summed E-state index contributed by atoms with van der Waals surface area (Å²) in [6.45, 7) is 13.8. The van der Waals surface area contributed by atoms with Gasteiger partial charge in [0.25, 0.3) is 0 Å². The summed E-state index contributed by atoms with van der Waals surface area (Å²) in [7, 11) is -1.19. The van der Waals surface area contributed by atoms with Crippen LogP contribution in [0, 0.1) is 0 Å². The Labute approximate surface area is 149 Å². The van der Waals surface area contributed by atoms with Gasteiger partial charge in [-0.3, -0.25) is 0 Å². The molecule has 0 unspecified atom stereocenters. The van der Waals surface area contributed by atoms with Gasteiger partial charge in [-0.05, 0) is 39.8 Å². The van der Waals surface area contributed by atoms with Crippen molar-refractivity contribution >= 4 is 14.2 Å². The van der Waals surface area contributed by atoms with Gasteiger partial charge in [-0.15, -0.1) is 0 Å². The zero-order valence-corrected chi connectivity index (χ0v) is 17.0. The average Bonchev–Trinajstić information content (AvgIpc) is 2.60. The lowest BCUT2D eigenvalue weighted by atomic mass is 9.82. The van der Waals surface area contributed by atoms with Gasteiger partial charge in [0.1, 0.15) is 5.75 Å². The maximum atomic E-state index is 6.56. The molecule has 0 spiro atoms. The normalized spacial score (nSPS) is 12.5. The fourth-order valence-corrected chi connectivity index (χ4v) is 5.04. The van der Waals surface area contributed by atoms with Crippen LogP contribution in [0.2, 0.25) is 5.04 Å². The molecule has 1 radical (unpaired) electrons. The van der Waals surface area contributed by atoms with Crippen LogP contribution < -0.4 is 9.61 Å². The quantitative estimate of drug-likeness (QED) is 0.576. The van der Waals surface area contributed by atoms with Crippen LogP contribution in [0.25, 0.3) is 0 Å². The molecule has 129 valence electrons. The highest BCUT2D eigenvalue weighted by atomic mass is 28.3. The summed E-state index contributed by atoms with van der Waals surface area (Å²) in [5, 5.41) is 1.53. The van der Waals surface area contributed by atoms with Crippen molar-refractivity contribution in [2.45, 2.75) is 64.8 Å². The summed E-state index contributed by atoms with van der Waals surface area (Å²) in [4.78, 5) is 0. The Balaban J connectivity index is 2.43. The summed E-state index contributed by atoms with van der Waals surface area (Å²) < 4.78 is 6.56. The zero-order valence-electron chi connectivity index (χ0n) is 16.0. The van der Waals surface area contributed by atoms with E-state index in [0.717, 1.165) is 18.6 Å². The van der Waals surface area contributed by atoms with Gasteiger partial charge in [0.05, 0.1) is 0 Å². The first-order chi connectivity index (χ1) is 11.3. The van der Waals surface area contributed by atoms with E-state index >= 15 is 0 Å². The van der Waals surface area contributed by atoms with Crippen LogP contribution in [-0.2, 0) is 5.41 Å². The highest BCUT2D eigenvalue weighted by molar-refractivity contribution is 6.71. The summed E-state index contributed by atoms with van der Waals surface area (Å²) in [5.41, 5.74) is 1.61. The molecule has 0 aliphatic rings. The van der Waals surface area contributed by atoms with Crippen LogP contribution in [0.15, 0.2) is 54.6 Å². The smallest absolute Gasteiger partial charge is 0.322 e. The summed E-state index contributed by atoms with van der Waals surface area (Å²) in [6.07, 6.45) is 2.24. The summed E-state index contributed by atoms with van der Waals surface area (Å²) in [5.74, 6) is 0.980. The molecule has 2 rings (SSSR count). The lowest BCUT2D eigenvalue weighted by Gasteiger charge is -2.32. The van der Waals surface area contributed by atoms with Gasteiger partial charge >= 0.3 is 9.04 Å². The van der Waals surface area contributed by atoms with Crippen LogP contribution in [-0.4, -0.2) is 9.04 Å². The van der Waals surface area contributed by atoms with Crippen LogP contribution in [0.3, 0.4) is 0 Å². The fourth-order valence-electron chi connectivity index (χ4n) is 2.64. The Morgan fingerprint density at radius 1 is 0.833 bits per heavy atom. The first-order valence-corrected chi connectivity index (χ1v) is 10.4. The van der Waals surface area contributed by atoms with E-state index in [0.29, 0.717) is 0 Å². The number of benzene rings is 2. The van der Waals surface area contributed by atoms with Crippen molar-refractivity contribution < 1.29 is 4.43 Å². The molecule has 0 aliphatic heterocycles. The number of hydrogen-bond acceptors (Lipinski definition) is 1. The third-order valence-corrected chi connectivity index (χ3v) is 8.11. The van der Waals surface area contributed by atoms with E-state index in [1.54, 1.807) is 0 Å². The van der Waals surface area contributed by atoms with E-state index in [-0.39, 0.29) is 10.5 Å². The number of para-hydroxylation sites is 1. The van der Waals surface area contributed by atoms with Crippen molar-refractivity contribution in [3.63, 3.8) is 0 Å². The maximum absolute atomic E-state index is 6.56. The van der Waals surface area contributed by atoms with Crippen LogP contribution in [0.5, 0.6) is 5.75 Å². The second kappa shape index (κ2) is 7.56. The molecule has 0 aromatic heterocycles. The van der Waals surface area contributed by atoms with Crippen LogP contribution >= 0.6 is 0 Å². The third kappa shape index (κ3) is 4.30. The standard InChI is InChI=1S/C22H31OSi/c1-7-21(3,4)18-13-12-16-20(17-18)24(22(5,6)8-2)23-19-14-10-9-11-15-19/h9-17H,7-8H2,1-6H3. The van der Waals surface area contributed by atoms with Gasteiger partial charge < -0.3 is 4.43 Å². The Morgan fingerprint density at radius 3 is 2.08 bits per heavy atom. The predicted molar refractivity (Wildman–Crippen MR) is 107 cm³/mol. The minimum atomic E-state index is -1.19. The van der Waals surface area contributed by atoms with Crippen molar-refractivity contribution in [3.8, 4) is 5.75 Å². The molecule has 0 bridgehead atoms. The van der Waals surface area contributed by atoms with E-state index in [4.69, 9.17) is 4.43 Å².